The van der Waals surface area contributed by atoms with Gasteiger partial charge < -0.3 is 15.4 Å². The van der Waals surface area contributed by atoms with E-state index in [1.807, 2.05) is 31.2 Å². The monoisotopic (exact) mass is 353 g/mol. The van der Waals surface area contributed by atoms with Crippen molar-refractivity contribution < 1.29 is 14.3 Å². The second kappa shape index (κ2) is 8.58. The van der Waals surface area contributed by atoms with Gasteiger partial charge >= 0.3 is 0 Å². The molecule has 3 rings (SSSR count). The first-order valence-electron chi connectivity index (χ1n) is 8.82. The van der Waals surface area contributed by atoms with Gasteiger partial charge in [0, 0.05) is 31.5 Å². The van der Waals surface area contributed by atoms with Crippen molar-refractivity contribution in [2.75, 3.05) is 13.2 Å². The number of hydrogen-bond acceptors (Lipinski definition) is 4. The summed E-state index contributed by atoms with van der Waals surface area (Å²) in [6.07, 6.45) is 3.52. The summed E-state index contributed by atoms with van der Waals surface area (Å²) in [5, 5.41) is 5.69. The van der Waals surface area contributed by atoms with E-state index in [1.54, 1.807) is 6.07 Å². The van der Waals surface area contributed by atoms with E-state index in [2.05, 4.69) is 15.6 Å². The minimum absolute atomic E-state index is 0.0690. The SMILES string of the molecule is Cc1ccccc1CNC(=O)c1ccnc(C(=O)NCC2CCCO2)c1. The minimum atomic E-state index is -0.297. The fraction of sp³-hybridized carbons (Fsp3) is 0.350. The van der Waals surface area contributed by atoms with Gasteiger partial charge in [-0.05, 0) is 43.0 Å². The number of carbonyl (C=O) groups excluding carboxylic acids is 2. The van der Waals surface area contributed by atoms with Crippen LogP contribution in [0.1, 0.15) is 44.8 Å². The lowest BCUT2D eigenvalue weighted by Gasteiger charge is -2.11. The van der Waals surface area contributed by atoms with Crippen LogP contribution in [-0.2, 0) is 11.3 Å². The van der Waals surface area contributed by atoms with Gasteiger partial charge in [-0.3, -0.25) is 14.6 Å². The number of pyridine rings is 1. The molecule has 1 atom stereocenters. The van der Waals surface area contributed by atoms with Crippen LogP contribution in [0.2, 0.25) is 0 Å². The Bertz CT molecular complexity index is 785. The van der Waals surface area contributed by atoms with E-state index >= 15 is 0 Å². The maximum absolute atomic E-state index is 12.4. The molecule has 0 spiro atoms. The number of carbonyl (C=O) groups is 2. The molecule has 1 aromatic heterocycles. The number of rotatable bonds is 6. The lowest BCUT2D eigenvalue weighted by Crippen LogP contribution is -2.32. The van der Waals surface area contributed by atoms with Crippen LogP contribution < -0.4 is 10.6 Å². The largest absolute Gasteiger partial charge is 0.376 e. The number of amides is 2. The third-order valence-electron chi connectivity index (χ3n) is 4.47. The number of ether oxygens (including phenoxy) is 1. The van der Waals surface area contributed by atoms with Gasteiger partial charge in [-0.1, -0.05) is 24.3 Å². The maximum atomic E-state index is 12.4. The number of nitrogens with one attached hydrogen (secondary N) is 2. The predicted molar refractivity (Wildman–Crippen MR) is 97.9 cm³/mol. The summed E-state index contributed by atoms with van der Waals surface area (Å²) in [7, 11) is 0. The summed E-state index contributed by atoms with van der Waals surface area (Å²) in [6, 6.07) is 11.0. The third-order valence-corrected chi connectivity index (χ3v) is 4.47. The molecule has 0 saturated carbocycles. The second-order valence-electron chi connectivity index (χ2n) is 6.38. The molecule has 0 bridgehead atoms. The molecule has 1 saturated heterocycles. The molecule has 1 aromatic carbocycles. The molecule has 1 aliphatic heterocycles. The Morgan fingerprint density at radius 2 is 2.04 bits per heavy atom. The fourth-order valence-corrected chi connectivity index (χ4v) is 2.88. The Morgan fingerprint density at radius 3 is 2.81 bits per heavy atom. The molecule has 2 N–H and O–H groups in total. The molecule has 0 radical (unpaired) electrons. The number of benzene rings is 1. The Balaban J connectivity index is 1.58. The minimum Gasteiger partial charge on any atom is -0.376 e. The van der Waals surface area contributed by atoms with Crippen LogP contribution >= 0.6 is 0 Å². The van der Waals surface area contributed by atoms with Gasteiger partial charge in [-0.25, -0.2) is 0 Å². The molecule has 6 nitrogen and oxygen atoms in total. The van der Waals surface area contributed by atoms with Crippen LogP contribution in [0.5, 0.6) is 0 Å². The highest BCUT2D eigenvalue weighted by Gasteiger charge is 2.18. The van der Waals surface area contributed by atoms with Crippen molar-refractivity contribution >= 4 is 11.8 Å². The quantitative estimate of drug-likeness (QED) is 0.835. The van der Waals surface area contributed by atoms with Gasteiger partial charge in [0.05, 0.1) is 6.10 Å². The smallest absolute Gasteiger partial charge is 0.269 e. The highest BCUT2D eigenvalue weighted by molar-refractivity contribution is 5.98. The molecule has 1 fully saturated rings. The number of hydrogen-bond donors (Lipinski definition) is 2. The lowest BCUT2D eigenvalue weighted by molar-refractivity contribution is 0.0853. The lowest BCUT2D eigenvalue weighted by atomic mass is 10.1. The summed E-state index contributed by atoms with van der Waals surface area (Å²) in [4.78, 5) is 28.7. The topological polar surface area (TPSA) is 80.3 Å². The predicted octanol–water partition coefficient (Wildman–Crippen LogP) is 2.23. The van der Waals surface area contributed by atoms with Gasteiger partial charge in [-0.15, -0.1) is 0 Å². The first kappa shape index (κ1) is 18.1. The van der Waals surface area contributed by atoms with Crippen molar-refractivity contribution in [3.8, 4) is 0 Å². The Hall–Kier alpha value is -2.73. The molecule has 2 amide bonds. The number of nitrogens with zero attached hydrogens (tertiary/aromatic N) is 1. The van der Waals surface area contributed by atoms with Crippen LogP contribution in [0.25, 0.3) is 0 Å². The standard InChI is InChI=1S/C20H23N3O3/c1-14-5-2-3-6-16(14)12-22-19(24)15-8-9-21-18(11-15)20(25)23-13-17-7-4-10-26-17/h2-3,5-6,8-9,11,17H,4,7,10,12-13H2,1H3,(H,22,24)(H,23,25). The number of aryl methyl sites for hydroxylation is 1. The molecule has 6 heteroatoms. The maximum Gasteiger partial charge on any atom is 0.269 e. The van der Waals surface area contributed by atoms with E-state index < -0.39 is 0 Å². The zero-order valence-electron chi connectivity index (χ0n) is 14.8. The zero-order valence-corrected chi connectivity index (χ0v) is 14.8. The molecule has 0 aliphatic carbocycles. The average molecular weight is 353 g/mol. The molecule has 2 aromatic rings. The second-order valence-corrected chi connectivity index (χ2v) is 6.38. The molecule has 2 heterocycles. The van der Waals surface area contributed by atoms with Crippen molar-refractivity contribution in [3.05, 3.63) is 65.0 Å². The van der Waals surface area contributed by atoms with Gasteiger partial charge in [0.2, 0.25) is 0 Å². The van der Waals surface area contributed by atoms with Crippen LogP contribution in [0.15, 0.2) is 42.6 Å². The van der Waals surface area contributed by atoms with Crippen molar-refractivity contribution in [1.29, 1.82) is 0 Å². The average Bonchev–Trinajstić information content (AvgIpc) is 3.19. The van der Waals surface area contributed by atoms with E-state index in [4.69, 9.17) is 4.74 Å². The molecule has 26 heavy (non-hydrogen) atoms. The van der Waals surface area contributed by atoms with E-state index in [9.17, 15) is 9.59 Å². The molecule has 1 unspecified atom stereocenters. The van der Waals surface area contributed by atoms with E-state index in [0.717, 1.165) is 30.6 Å². The van der Waals surface area contributed by atoms with Crippen molar-refractivity contribution in [1.82, 2.24) is 15.6 Å². The Labute approximate surface area is 153 Å². The zero-order chi connectivity index (χ0) is 18.4. The molecular weight excluding hydrogens is 330 g/mol. The van der Waals surface area contributed by atoms with E-state index in [-0.39, 0.29) is 23.6 Å². The van der Waals surface area contributed by atoms with E-state index in [0.29, 0.717) is 18.7 Å². The Kier molecular flexibility index (Phi) is 5.96. The summed E-state index contributed by atoms with van der Waals surface area (Å²) in [5.74, 6) is -0.530. The Morgan fingerprint density at radius 1 is 1.19 bits per heavy atom. The first-order chi connectivity index (χ1) is 12.6. The van der Waals surface area contributed by atoms with E-state index in [1.165, 1.54) is 12.3 Å². The van der Waals surface area contributed by atoms with Crippen LogP contribution in [0.4, 0.5) is 0 Å². The normalized spacial score (nSPS) is 16.3. The summed E-state index contributed by atoms with van der Waals surface area (Å²) in [5.41, 5.74) is 2.82. The molecule has 136 valence electrons. The molecule has 1 aliphatic rings. The van der Waals surface area contributed by atoms with Gasteiger partial charge in [0.15, 0.2) is 0 Å². The van der Waals surface area contributed by atoms with Crippen molar-refractivity contribution in [2.24, 2.45) is 0 Å². The third kappa shape index (κ3) is 4.67. The van der Waals surface area contributed by atoms with Crippen LogP contribution in [-0.4, -0.2) is 36.1 Å². The van der Waals surface area contributed by atoms with Crippen LogP contribution in [0.3, 0.4) is 0 Å². The summed E-state index contributed by atoms with van der Waals surface area (Å²) >= 11 is 0. The van der Waals surface area contributed by atoms with Gasteiger partial charge in [0.25, 0.3) is 11.8 Å². The van der Waals surface area contributed by atoms with Crippen LogP contribution in [0, 0.1) is 6.92 Å². The summed E-state index contributed by atoms with van der Waals surface area (Å²) in [6.45, 7) is 3.65. The molecular formula is C20H23N3O3. The van der Waals surface area contributed by atoms with Gasteiger partial charge in [-0.2, -0.15) is 0 Å². The summed E-state index contributed by atoms with van der Waals surface area (Å²) < 4.78 is 5.49. The first-order valence-corrected chi connectivity index (χ1v) is 8.82. The highest BCUT2D eigenvalue weighted by Crippen LogP contribution is 2.11. The van der Waals surface area contributed by atoms with Gasteiger partial charge in [0.1, 0.15) is 5.69 Å². The fourth-order valence-electron chi connectivity index (χ4n) is 2.88. The highest BCUT2D eigenvalue weighted by atomic mass is 16.5. The van der Waals surface area contributed by atoms with Crippen molar-refractivity contribution in [2.45, 2.75) is 32.4 Å². The van der Waals surface area contributed by atoms with Crippen molar-refractivity contribution in [3.63, 3.8) is 0 Å². The number of aromatic nitrogens is 1.